The number of carbonyl (C=O) groups is 2. The Morgan fingerprint density at radius 2 is 1.73 bits per heavy atom. The van der Waals surface area contributed by atoms with E-state index in [0.717, 1.165) is 5.56 Å². The molecule has 37 heavy (non-hydrogen) atoms. The molecule has 0 aliphatic rings. The standard InChI is InChI=1S/C25H28Cl3N5O4/c1-25(2,3)37-24(36)30-12-16-4-5-18(26)10-17(16)13-29-22(34)11-20-21(28)6-7-32(23(20)35)8-9-33-15-19(27)14-31-33/h4-7,10,14-15H,8-9,11-13H2,1-3H3,(H,29,34)(H,30,36). The molecule has 198 valence electrons. The molecule has 1 aromatic carbocycles. The second-order valence-corrected chi connectivity index (χ2v) is 10.6. The van der Waals surface area contributed by atoms with Gasteiger partial charge in [0, 0.05) is 42.6 Å². The van der Waals surface area contributed by atoms with Gasteiger partial charge in [-0.25, -0.2) is 4.79 Å². The van der Waals surface area contributed by atoms with Crippen molar-refractivity contribution in [2.45, 2.75) is 59.0 Å². The van der Waals surface area contributed by atoms with Crippen LogP contribution in [0.15, 0.2) is 47.7 Å². The smallest absolute Gasteiger partial charge is 0.407 e. The van der Waals surface area contributed by atoms with Crippen molar-refractivity contribution in [1.82, 2.24) is 25.0 Å². The van der Waals surface area contributed by atoms with E-state index in [-0.39, 0.29) is 41.6 Å². The van der Waals surface area contributed by atoms with Crippen LogP contribution in [0.5, 0.6) is 0 Å². The van der Waals surface area contributed by atoms with E-state index in [1.807, 2.05) is 0 Å². The molecule has 12 heteroatoms. The molecule has 0 radical (unpaired) electrons. The topological polar surface area (TPSA) is 107 Å². The SMILES string of the molecule is CC(C)(C)OC(=O)NCc1ccc(Cl)cc1CNC(=O)Cc1c(Cl)ccn(CCn2cc(Cl)cn2)c1=O. The quantitative estimate of drug-likeness (QED) is 0.393. The summed E-state index contributed by atoms with van der Waals surface area (Å²) < 4.78 is 8.36. The van der Waals surface area contributed by atoms with E-state index in [1.54, 1.807) is 62.1 Å². The molecule has 0 saturated carbocycles. The van der Waals surface area contributed by atoms with Crippen molar-refractivity contribution in [1.29, 1.82) is 0 Å². The highest BCUT2D eigenvalue weighted by Crippen LogP contribution is 2.17. The summed E-state index contributed by atoms with van der Waals surface area (Å²) in [5.74, 6) is -0.387. The maximum Gasteiger partial charge on any atom is 0.407 e. The van der Waals surface area contributed by atoms with Crippen molar-refractivity contribution >= 4 is 46.8 Å². The molecule has 0 bridgehead atoms. The molecule has 2 aromatic heterocycles. The Labute approximate surface area is 229 Å². The number of benzene rings is 1. The van der Waals surface area contributed by atoms with Gasteiger partial charge in [0.2, 0.25) is 5.91 Å². The molecule has 9 nitrogen and oxygen atoms in total. The third-order valence-electron chi connectivity index (χ3n) is 5.18. The van der Waals surface area contributed by atoms with Gasteiger partial charge in [-0.05, 0) is 50.1 Å². The molecule has 2 heterocycles. The van der Waals surface area contributed by atoms with Gasteiger partial charge < -0.3 is 19.9 Å². The molecular weight excluding hydrogens is 541 g/mol. The van der Waals surface area contributed by atoms with Crippen LogP contribution >= 0.6 is 34.8 Å². The molecule has 0 spiro atoms. The summed E-state index contributed by atoms with van der Waals surface area (Å²) >= 11 is 18.3. The molecule has 0 fully saturated rings. The van der Waals surface area contributed by atoms with Crippen LogP contribution in [0.4, 0.5) is 4.79 Å². The highest BCUT2D eigenvalue weighted by Gasteiger charge is 2.17. The summed E-state index contributed by atoms with van der Waals surface area (Å²) in [5.41, 5.74) is 0.690. The lowest BCUT2D eigenvalue weighted by molar-refractivity contribution is -0.120. The third-order valence-corrected chi connectivity index (χ3v) is 5.97. The average Bonchev–Trinajstić information content (AvgIpc) is 3.23. The Bertz CT molecular complexity index is 1330. The summed E-state index contributed by atoms with van der Waals surface area (Å²) in [7, 11) is 0. The Kier molecular flexibility index (Phi) is 9.64. The lowest BCUT2D eigenvalue weighted by Gasteiger charge is -2.20. The van der Waals surface area contributed by atoms with Gasteiger partial charge in [0.05, 0.1) is 29.2 Å². The first-order valence-corrected chi connectivity index (χ1v) is 12.6. The number of pyridine rings is 1. The van der Waals surface area contributed by atoms with Crippen LogP contribution in [0.25, 0.3) is 0 Å². The van der Waals surface area contributed by atoms with E-state index in [2.05, 4.69) is 15.7 Å². The summed E-state index contributed by atoms with van der Waals surface area (Å²) in [6.07, 6.45) is 4.00. The largest absolute Gasteiger partial charge is 0.444 e. The zero-order chi connectivity index (χ0) is 27.2. The van der Waals surface area contributed by atoms with Gasteiger partial charge in [0.25, 0.3) is 5.56 Å². The number of hydrogen-bond acceptors (Lipinski definition) is 5. The summed E-state index contributed by atoms with van der Waals surface area (Å²) in [6.45, 7) is 6.42. The Morgan fingerprint density at radius 3 is 2.41 bits per heavy atom. The number of rotatable bonds is 9. The van der Waals surface area contributed by atoms with E-state index in [1.165, 1.54) is 10.8 Å². The maximum atomic E-state index is 12.9. The van der Waals surface area contributed by atoms with E-state index in [4.69, 9.17) is 39.5 Å². The molecule has 0 aliphatic heterocycles. The minimum absolute atomic E-state index is 0.142. The van der Waals surface area contributed by atoms with Crippen LogP contribution in [0.1, 0.15) is 37.5 Å². The van der Waals surface area contributed by atoms with Crippen molar-refractivity contribution in [3.63, 3.8) is 0 Å². The minimum atomic E-state index is -0.620. The van der Waals surface area contributed by atoms with E-state index >= 15 is 0 Å². The number of hydrogen-bond donors (Lipinski definition) is 2. The van der Waals surface area contributed by atoms with Gasteiger partial charge >= 0.3 is 6.09 Å². The fourth-order valence-corrected chi connectivity index (χ4v) is 3.99. The zero-order valence-electron chi connectivity index (χ0n) is 20.7. The van der Waals surface area contributed by atoms with Gasteiger partial charge in [0.15, 0.2) is 0 Å². The van der Waals surface area contributed by atoms with Gasteiger partial charge in [-0.1, -0.05) is 40.9 Å². The van der Waals surface area contributed by atoms with Gasteiger partial charge in [-0.3, -0.25) is 14.3 Å². The number of ether oxygens (including phenoxy) is 1. The van der Waals surface area contributed by atoms with Gasteiger partial charge in [-0.2, -0.15) is 5.10 Å². The number of aromatic nitrogens is 3. The second kappa shape index (κ2) is 12.5. The van der Waals surface area contributed by atoms with Crippen LogP contribution in [0.2, 0.25) is 15.1 Å². The Morgan fingerprint density at radius 1 is 1.00 bits per heavy atom. The van der Waals surface area contributed by atoms with Crippen molar-refractivity contribution in [2.75, 3.05) is 0 Å². The minimum Gasteiger partial charge on any atom is -0.444 e. The Hall–Kier alpha value is -3.01. The highest BCUT2D eigenvalue weighted by atomic mass is 35.5. The van der Waals surface area contributed by atoms with Crippen molar-refractivity contribution in [3.8, 4) is 0 Å². The molecule has 0 atom stereocenters. The number of halogens is 3. The second-order valence-electron chi connectivity index (χ2n) is 9.28. The predicted molar refractivity (Wildman–Crippen MR) is 143 cm³/mol. The summed E-state index contributed by atoms with van der Waals surface area (Å²) in [4.78, 5) is 37.7. The van der Waals surface area contributed by atoms with Crippen LogP contribution < -0.4 is 16.2 Å². The Balaban J connectivity index is 1.63. The molecule has 3 aromatic rings. The first-order chi connectivity index (χ1) is 17.4. The van der Waals surface area contributed by atoms with E-state index < -0.39 is 11.7 Å². The van der Waals surface area contributed by atoms with Crippen LogP contribution in [-0.2, 0) is 42.1 Å². The summed E-state index contributed by atoms with van der Waals surface area (Å²) in [6, 6.07) is 6.75. The van der Waals surface area contributed by atoms with Crippen LogP contribution in [0.3, 0.4) is 0 Å². The predicted octanol–water partition coefficient (Wildman–Crippen LogP) is 4.59. The van der Waals surface area contributed by atoms with Crippen LogP contribution in [-0.4, -0.2) is 31.9 Å². The van der Waals surface area contributed by atoms with Crippen LogP contribution in [0, 0.1) is 0 Å². The lowest BCUT2D eigenvalue weighted by atomic mass is 10.1. The number of aryl methyl sites for hydroxylation is 2. The van der Waals surface area contributed by atoms with Crippen molar-refractivity contribution < 1.29 is 14.3 Å². The monoisotopic (exact) mass is 567 g/mol. The zero-order valence-corrected chi connectivity index (χ0v) is 23.0. The fourth-order valence-electron chi connectivity index (χ4n) is 3.44. The summed E-state index contributed by atoms with van der Waals surface area (Å²) in [5, 5.41) is 10.8. The van der Waals surface area contributed by atoms with Crippen molar-refractivity contribution in [2.24, 2.45) is 0 Å². The number of amides is 2. The fraction of sp³-hybridized carbons (Fsp3) is 0.360. The lowest BCUT2D eigenvalue weighted by Crippen LogP contribution is -2.33. The molecule has 2 N–H and O–H groups in total. The van der Waals surface area contributed by atoms with Gasteiger partial charge in [-0.15, -0.1) is 0 Å². The molecule has 0 aliphatic carbocycles. The molecular formula is C25H28Cl3N5O4. The van der Waals surface area contributed by atoms with Crippen molar-refractivity contribution in [3.05, 3.63) is 85.0 Å². The molecule has 0 saturated heterocycles. The number of nitrogens with zero attached hydrogens (tertiary/aromatic N) is 3. The molecule has 0 unspecified atom stereocenters. The first kappa shape index (κ1) is 28.6. The number of carbonyl (C=O) groups excluding carboxylic acids is 2. The van der Waals surface area contributed by atoms with Gasteiger partial charge in [0.1, 0.15) is 5.60 Å². The average molecular weight is 569 g/mol. The molecule has 2 amide bonds. The molecule has 3 rings (SSSR count). The van der Waals surface area contributed by atoms with E-state index in [9.17, 15) is 14.4 Å². The number of alkyl carbamates (subject to hydrolysis) is 1. The first-order valence-electron chi connectivity index (χ1n) is 11.5. The maximum absolute atomic E-state index is 12.9. The third kappa shape index (κ3) is 8.80. The number of nitrogens with one attached hydrogen (secondary N) is 2. The normalized spacial score (nSPS) is 11.3. The highest BCUT2D eigenvalue weighted by molar-refractivity contribution is 6.31. The van der Waals surface area contributed by atoms with E-state index in [0.29, 0.717) is 28.7 Å².